The normalized spacial score (nSPS) is 21.9. The van der Waals surface area contributed by atoms with Crippen molar-refractivity contribution < 1.29 is 4.79 Å². The van der Waals surface area contributed by atoms with Gasteiger partial charge in [0.05, 0.1) is 0 Å². The van der Waals surface area contributed by atoms with Crippen LogP contribution in [0.15, 0.2) is 30.3 Å². The van der Waals surface area contributed by atoms with E-state index >= 15 is 0 Å². The molecule has 4 nitrogen and oxygen atoms in total. The van der Waals surface area contributed by atoms with Gasteiger partial charge >= 0.3 is 6.03 Å². The van der Waals surface area contributed by atoms with Crippen molar-refractivity contribution in [3.05, 3.63) is 35.9 Å². The molecule has 2 heterocycles. The Morgan fingerprint density at radius 2 is 1.78 bits per heavy atom. The minimum atomic E-state index is 0.139. The largest absolute Gasteiger partial charge is 0.335 e. The number of nitrogens with one attached hydrogen (secondary N) is 1. The third kappa shape index (κ3) is 4.42. The van der Waals surface area contributed by atoms with Crippen LogP contribution >= 0.6 is 11.8 Å². The van der Waals surface area contributed by atoms with Gasteiger partial charge in [0.2, 0.25) is 0 Å². The average Bonchev–Trinajstić information content (AvgIpc) is 2.63. The molecule has 2 saturated heterocycles. The van der Waals surface area contributed by atoms with Gasteiger partial charge < -0.3 is 10.2 Å². The molecular formula is C18H27N3OS. The van der Waals surface area contributed by atoms with Gasteiger partial charge in [-0.2, -0.15) is 11.8 Å². The summed E-state index contributed by atoms with van der Waals surface area (Å²) >= 11 is 1.94. The third-order valence-corrected chi connectivity index (χ3v) is 5.93. The Labute approximate surface area is 143 Å². The zero-order valence-corrected chi connectivity index (χ0v) is 14.7. The maximum atomic E-state index is 12.3. The van der Waals surface area contributed by atoms with Gasteiger partial charge in [0, 0.05) is 49.8 Å². The molecule has 5 heteroatoms. The number of benzene rings is 1. The lowest BCUT2D eigenvalue weighted by atomic mass is 10.0. The Kier molecular flexibility index (Phi) is 5.84. The number of rotatable bonds is 3. The SMILES string of the molecule is C[C@H](c1ccccc1)N1CCC(NC(=O)N2CCSCC2)CC1. The molecule has 2 fully saturated rings. The summed E-state index contributed by atoms with van der Waals surface area (Å²) in [5, 5.41) is 3.24. The van der Waals surface area contributed by atoms with Crippen LogP contribution in [-0.4, -0.2) is 59.6 Å². The molecule has 0 aliphatic carbocycles. The highest BCUT2D eigenvalue weighted by Crippen LogP contribution is 2.24. The molecule has 1 aromatic carbocycles. The van der Waals surface area contributed by atoms with Crippen LogP contribution in [0, 0.1) is 0 Å². The molecule has 126 valence electrons. The van der Waals surface area contributed by atoms with Crippen molar-refractivity contribution >= 4 is 17.8 Å². The smallest absolute Gasteiger partial charge is 0.317 e. The highest BCUT2D eigenvalue weighted by Gasteiger charge is 2.26. The topological polar surface area (TPSA) is 35.6 Å². The van der Waals surface area contributed by atoms with Crippen molar-refractivity contribution in [1.29, 1.82) is 0 Å². The van der Waals surface area contributed by atoms with Crippen LogP contribution in [0.2, 0.25) is 0 Å². The van der Waals surface area contributed by atoms with Gasteiger partial charge in [-0.15, -0.1) is 0 Å². The van der Waals surface area contributed by atoms with E-state index in [1.54, 1.807) is 0 Å². The van der Waals surface area contributed by atoms with Crippen molar-refractivity contribution in [1.82, 2.24) is 15.1 Å². The van der Waals surface area contributed by atoms with E-state index in [1.807, 2.05) is 16.7 Å². The summed E-state index contributed by atoms with van der Waals surface area (Å²) in [4.78, 5) is 16.8. The number of carbonyl (C=O) groups is 1. The first kappa shape index (κ1) is 16.7. The van der Waals surface area contributed by atoms with Crippen LogP contribution < -0.4 is 5.32 Å². The Morgan fingerprint density at radius 3 is 2.43 bits per heavy atom. The average molecular weight is 334 g/mol. The van der Waals surface area contributed by atoms with Crippen LogP contribution in [0.4, 0.5) is 4.79 Å². The van der Waals surface area contributed by atoms with Crippen molar-refractivity contribution in [2.45, 2.75) is 31.8 Å². The fourth-order valence-electron chi connectivity index (χ4n) is 3.41. The fourth-order valence-corrected chi connectivity index (χ4v) is 4.31. The molecule has 2 amide bonds. The monoisotopic (exact) mass is 333 g/mol. The number of piperidine rings is 1. The van der Waals surface area contributed by atoms with Gasteiger partial charge in [0.15, 0.2) is 0 Å². The number of hydrogen-bond donors (Lipinski definition) is 1. The van der Waals surface area contributed by atoms with Crippen molar-refractivity contribution in [3.63, 3.8) is 0 Å². The van der Waals surface area contributed by atoms with Gasteiger partial charge in [-0.1, -0.05) is 30.3 Å². The summed E-state index contributed by atoms with van der Waals surface area (Å²) in [6, 6.07) is 11.6. The second-order valence-electron chi connectivity index (χ2n) is 6.45. The first-order valence-electron chi connectivity index (χ1n) is 8.66. The Morgan fingerprint density at radius 1 is 1.13 bits per heavy atom. The molecule has 0 spiro atoms. The third-order valence-electron chi connectivity index (χ3n) is 4.99. The zero-order valence-electron chi connectivity index (χ0n) is 13.9. The predicted molar refractivity (Wildman–Crippen MR) is 96.9 cm³/mol. The fraction of sp³-hybridized carbons (Fsp3) is 0.611. The van der Waals surface area contributed by atoms with Gasteiger partial charge in [-0.25, -0.2) is 4.79 Å². The second kappa shape index (κ2) is 8.06. The number of carbonyl (C=O) groups excluding carboxylic acids is 1. The summed E-state index contributed by atoms with van der Waals surface area (Å²) in [7, 11) is 0. The van der Waals surface area contributed by atoms with E-state index in [-0.39, 0.29) is 6.03 Å². The molecular weight excluding hydrogens is 306 g/mol. The molecule has 2 aliphatic rings. The molecule has 2 aliphatic heterocycles. The summed E-state index contributed by atoms with van der Waals surface area (Å²) < 4.78 is 0. The van der Waals surface area contributed by atoms with E-state index in [0.717, 1.165) is 50.5 Å². The molecule has 0 saturated carbocycles. The van der Waals surface area contributed by atoms with Crippen LogP contribution in [0.1, 0.15) is 31.4 Å². The minimum Gasteiger partial charge on any atom is -0.335 e. The molecule has 23 heavy (non-hydrogen) atoms. The van der Waals surface area contributed by atoms with E-state index in [9.17, 15) is 4.79 Å². The number of amides is 2. The molecule has 1 aromatic rings. The van der Waals surface area contributed by atoms with E-state index in [2.05, 4.69) is 47.5 Å². The summed E-state index contributed by atoms with van der Waals surface area (Å²) in [6.07, 6.45) is 2.09. The number of thioether (sulfide) groups is 1. The van der Waals surface area contributed by atoms with E-state index < -0.39 is 0 Å². The molecule has 3 rings (SSSR count). The van der Waals surface area contributed by atoms with Crippen molar-refractivity contribution in [3.8, 4) is 0 Å². The Bertz CT molecular complexity index is 496. The lowest BCUT2D eigenvalue weighted by Crippen LogP contribution is -2.51. The zero-order chi connectivity index (χ0) is 16.1. The number of hydrogen-bond acceptors (Lipinski definition) is 3. The lowest BCUT2D eigenvalue weighted by Gasteiger charge is -2.37. The standard InChI is InChI=1S/C18H27N3OS/c1-15(16-5-3-2-4-6-16)20-9-7-17(8-10-20)19-18(22)21-11-13-23-14-12-21/h2-6,15,17H,7-14H2,1H3,(H,19,22)/t15-/m1/s1. The molecule has 0 radical (unpaired) electrons. The van der Waals surface area contributed by atoms with Crippen molar-refractivity contribution in [2.24, 2.45) is 0 Å². The van der Waals surface area contributed by atoms with E-state index in [1.165, 1.54) is 5.56 Å². The summed E-state index contributed by atoms with van der Waals surface area (Å²) in [5.41, 5.74) is 1.38. The number of likely N-dealkylation sites (tertiary alicyclic amines) is 1. The maximum Gasteiger partial charge on any atom is 0.317 e. The molecule has 0 aromatic heterocycles. The maximum absolute atomic E-state index is 12.3. The van der Waals surface area contributed by atoms with Gasteiger partial charge in [-0.3, -0.25) is 4.90 Å². The summed E-state index contributed by atoms with van der Waals surface area (Å²) in [5.74, 6) is 2.14. The molecule has 1 N–H and O–H groups in total. The van der Waals surface area contributed by atoms with Crippen LogP contribution in [0.5, 0.6) is 0 Å². The van der Waals surface area contributed by atoms with Crippen LogP contribution in [0.3, 0.4) is 0 Å². The first-order valence-corrected chi connectivity index (χ1v) is 9.81. The minimum absolute atomic E-state index is 0.139. The van der Waals surface area contributed by atoms with Gasteiger partial charge in [0.1, 0.15) is 0 Å². The quantitative estimate of drug-likeness (QED) is 0.924. The Balaban J connectivity index is 1.45. The van der Waals surface area contributed by atoms with Gasteiger partial charge in [0.25, 0.3) is 0 Å². The van der Waals surface area contributed by atoms with Gasteiger partial charge in [-0.05, 0) is 25.3 Å². The first-order chi connectivity index (χ1) is 11.2. The van der Waals surface area contributed by atoms with E-state index in [0.29, 0.717) is 12.1 Å². The van der Waals surface area contributed by atoms with Crippen LogP contribution in [-0.2, 0) is 0 Å². The molecule has 1 atom stereocenters. The van der Waals surface area contributed by atoms with E-state index in [4.69, 9.17) is 0 Å². The predicted octanol–water partition coefficient (Wildman–Crippen LogP) is 2.97. The molecule has 0 bridgehead atoms. The number of nitrogens with zero attached hydrogens (tertiary/aromatic N) is 2. The van der Waals surface area contributed by atoms with Crippen molar-refractivity contribution in [2.75, 3.05) is 37.7 Å². The highest BCUT2D eigenvalue weighted by atomic mass is 32.2. The second-order valence-corrected chi connectivity index (χ2v) is 7.67. The molecule has 0 unspecified atom stereocenters. The Hall–Kier alpha value is -1.20. The highest BCUT2D eigenvalue weighted by molar-refractivity contribution is 7.99. The van der Waals surface area contributed by atoms with Crippen LogP contribution in [0.25, 0.3) is 0 Å². The number of urea groups is 1. The lowest BCUT2D eigenvalue weighted by molar-refractivity contribution is 0.147. The summed E-state index contributed by atoms with van der Waals surface area (Å²) in [6.45, 7) is 6.16.